The molecule has 0 saturated carbocycles. The largest absolute Gasteiger partial charge is 0.337 e. The Morgan fingerprint density at radius 2 is 1.59 bits per heavy atom. The van der Waals surface area contributed by atoms with E-state index in [1.165, 1.54) is 16.7 Å². The summed E-state index contributed by atoms with van der Waals surface area (Å²) in [5.41, 5.74) is 4.10. The van der Waals surface area contributed by atoms with Crippen molar-refractivity contribution in [1.82, 2.24) is 0 Å². The number of hydrogen-bond donors (Lipinski definition) is 1. The molecule has 1 nitrogen and oxygen atoms in total. The Labute approximate surface area is 103 Å². The van der Waals surface area contributed by atoms with Crippen LogP contribution in [-0.4, -0.2) is 0 Å². The highest BCUT2D eigenvalue weighted by atomic mass is 14.9. The Morgan fingerprint density at radius 1 is 0.941 bits per heavy atom. The minimum Gasteiger partial charge on any atom is -0.337 e. The average molecular weight is 226 g/mol. The normalized spacial score (nSPS) is 12.4. The van der Waals surface area contributed by atoms with Crippen LogP contribution in [0.5, 0.6) is 0 Å². The third kappa shape index (κ3) is 3.43. The summed E-state index contributed by atoms with van der Waals surface area (Å²) in [6.07, 6.45) is 0. The van der Waals surface area contributed by atoms with E-state index >= 15 is 0 Å². The van der Waals surface area contributed by atoms with Gasteiger partial charge in [0.2, 0.25) is 0 Å². The van der Waals surface area contributed by atoms with Gasteiger partial charge in [0.15, 0.2) is 0 Å². The lowest BCUT2D eigenvalue weighted by Gasteiger charge is -2.11. The van der Waals surface area contributed by atoms with Gasteiger partial charge in [-0.2, -0.15) is 0 Å². The first kappa shape index (κ1) is 11.9. The van der Waals surface area contributed by atoms with Gasteiger partial charge in [0.1, 0.15) is 12.6 Å². The van der Waals surface area contributed by atoms with Gasteiger partial charge >= 0.3 is 0 Å². The summed E-state index contributed by atoms with van der Waals surface area (Å²) in [5, 5.41) is 2.38. The summed E-state index contributed by atoms with van der Waals surface area (Å²) >= 11 is 0. The lowest BCUT2D eigenvalue weighted by atomic mass is 10.1. The molecule has 1 atom stereocenters. The number of nitrogens with two attached hydrogens (primary N) is 1. The van der Waals surface area contributed by atoms with Crippen LogP contribution >= 0.6 is 0 Å². The molecule has 0 spiro atoms. The zero-order chi connectivity index (χ0) is 12.1. The van der Waals surface area contributed by atoms with Crippen LogP contribution in [0.3, 0.4) is 0 Å². The molecule has 2 aromatic rings. The van der Waals surface area contributed by atoms with E-state index in [0.717, 1.165) is 6.54 Å². The number of aryl methyl sites for hydroxylation is 1. The van der Waals surface area contributed by atoms with Crippen LogP contribution in [0.1, 0.15) is 29.7 Å². The summed E-state index contributed by atoms with van der Waals surface area (Å²) in [7, 11) is 0. The van der Waals surface area contributed by atoms with E-state index in [9.17, 15) is 0 Å². The second-order valence-corrected chi connectivity index (χ2v) is 4.62. The van der Waals surface area contributed by atoms with Gasteiger partial charge in [-0.1, -0.05) is 60.2 Å². The minimum atomic E-state index is 0.512. The van der Waals surface area contributed by atoms with E-state index in [0.29, 0.717) is 6.04 Å². The van der Waals surface area contributed by atoms with Crippen LogP contribution in [-0.2, 0) is 6.54 Å². The van der Waals surface area contributed by atoms with Gasteiger partial charge in [0.25, 0.3) is 0 Å². The first-order chi connectivity index (χ1) is 8.25. The number of quaternary nitrogens is 1. The van der Waals surface area contributed by atoms with Gasteiger partial charge in [0.05, 0.1) is 0 Å². The summed E-state index contributed by atoms with van der Waals surface area (Å²) in [6, 6.07) is 19.9. The number of hydrogen-bond acceptors (Lipinski definition) is 0. The Kier molecular flexibility index (Phi) is 3.94. The molecule has 0 aromatic heterocycles. The van der Waals surface area contributed by atoms with Crippen LogP contribution in [0.4, 0.5) is 0 Å². The highest BCUT2D eigenvalue weighted by molar-refractivity contribution is 5.20. The van der Waals surface area contributed by atoms with Gasteiger partial charge in [-0.25, -0.2) is 0 Å². The van der Waals surface area contributed by atoms with Gasteiger partial charge in [-0.15, -0.1) is 0 Å². The van der Waals surface area contributed by atoms with Crippen LogP contribution in [0, 0.1) is 6.92 Å². The average Bonchev–Trinajstić information content (AvgIpc) is 2.39. The van der Waals surface area contributed by atoms with Crippen LogP contribution in [0.15, 0.2) is 54.6 Å². The summed E-state index contributed by atoms with van der Waals surface area (Å²) in [4.78, 5) is 0. The van der Waals surface area contributed by atoms with E-state index in [2.05, 4.69) is 73.8 Å². The highest BCUT2D eigenvalue weighted by Gasteiger charge is 2.07. The molecule has 0 saturated heterocycles. The molecular weight excluding hydrogens is 206 g/mol. The standard InChI is InChI=1S/C16H19N/c1-13-8-10-15(11-9-13)12-17-14(2)16-6-4-3-5-7-16/h3-11,14,17H,12H2,1-2H3/p+1/t14-/m1/s1. The van der Waals surface area contributed by atoms with Crippen molar-refractivity contribution in [2.24, 2.45) is 0 Å². The maximum atomic E-state index is 2.38. The molecule has 88 valence electrons. The van der Waals surface area contributed by atoms with Crippen molar-refractivity contribution in [3.05, 3.63) is 71.3 Å². The van der Waals surface area contributed by atoms with Gasteiger partial charge in [-0.3, -0.25) is 0 Å². The van der Waals surface area contributed by atoms with Crippen LogP contribution in [0.2, 0.25) is 0 Å². The molecule has 0 fully saturated rings. The van der Waals surface area contributed by atoms with Crippen molar-refractivity contribution in [2.75, 3.05) is 0 Å². The van der Waals surface area contributed by atoms with E-state index in [-0.39, 0.29) is 0 Å². The van der Waals surface area contributed by atoms with Gasteiger partial charge in [0, 0.05) is 11.1 Å². The molecule has 0 aliphatic carbocycles. The quantitative estimate of drug-likeness (QED) is 0.825. The Morgan fingerprint density at radius 3 is 2.24 bits per heavy atom. The first-order valence-electron chi connectivity index (χ1n) is 6.19. The van der Waals surface area contributed by atoms with Crippen molar-refractivity contribution < 1.29 is 5.32 Å². The van der Waals surface area contributed by atoms with E-state index in [1.54, 1.807) is 0 Å². The Bertz CT molecular complexity index is 445. The molecule has 0 heterocycles. The van der Waals surface area contributed by atoms with Gasteiger partial charge in [-0.05, 0) is 13.8 Å². The fourth-order valence-corrected chi connectivity index (χ4v) is 1.93. The van der Waals surface area contributed by atoms with Crippen molar-refractivity contribution in [3.8, 4) is 0 Å². The fraction of sp³-hybridized carbons (Fsp3) is 0.250. The lowest BCUT2D eigenvalue weighted by Crippen LogP contribution is -2.83. The molecule has 2 rings (SSSR count). The van der Waals surface area contributed by atoms with E-state index in [4.69, 9.17) is 0 Å². The van der Waals surface area contributed by atoms with E-state index < -0.39 is 0 Å². The maximum absolute atomic E-state index is 2.38. The molecule has 0 aliphatic rings. The molecular formula is C16H20N+. The summed E-state index contributed by atoms with van der Waals surface area (Å²) in [6.45, 7) is 5.42. The van der Waals surface area contributed by atoms with Crippen LogP contribution in [0.25, 0.3) is 0 Å². The fourth-order valence-electron chi connectivity index (χ4n) is 1.93. The lowest BCUT2D eigenvalue weighted by molar-refractivity contribution is -0.707. The monoisotopic (exact) mass is 226 g/mol. The highest BCUT2D eigenvalue weighted by Crippen LogP contribution is 2.07. The predicted molar refractivity (Wildman–Crippen MR) is 71.7 cm³/mol. The molecule has 2 N–H and O–H groups in total. The van der Waals surface area contributed by atoms with Crippen molar-refractivity contribution in [1.29, 1.82) is 0 Å². The van der Waals surface area contributed by atoms with Crippen molar-refractivity contribution in [3.63, 3.8) is 0 Å². The predicted octanol–water partition coefficient (Wildman–Crippen LogP) is 2.82. The molecule has 0 amide bonds. The Balaban J connectivity index is 1.92. The second kappa shape index (κ2) is 5.65. The molecule has 2 aromatic carbocycles. The first-order valence-corrected chi connectivity index (χ1v) is 6.19. The molecule has 0 aliphatic heterocycles. The third-order valence-corrected chi connectivity index (χ3v) is 3.15. The zero-order valence-electron chi connectivity index (χ0n) is 10.6. The Hall–Kier alpha value is -1.60. The minimum absolute atomic E-state index is 0.512. The van der Waals surface area contributed by atoms with Crippen molar-refractivity contribution >= 4 is 0 Å². The smallest absolute Gasteiger partial charge is 0.109 e. The number of rotatable bonds is 4. The molecule has 0 radical (unpaired) electrons. The van der Waals surface area contributed by atoms with Crippen LogP contribution < -0.4 is 5.32 Å². The van der Waals surface area contributed by atoms with Crippen molar-refractivity contribution in [2.45, 2.75) is 26.4 Å². The van der Waals surface area contributed by atoms with Gasteiger partial charge < -0.3 is 5.32 Å². The van der Waals surface area contributed by atoms with E-state index in [1.807, 2.05) is 0 Å². The topological polar surface area (TPSA) is 16.6 Å². The summed E-state index contributed by atoms with van der Waals surface area (Å²) in [5.74, 6) is 0. The number of benzene rings is 2. The summed E-state index contributed by atoms with van der Waals surface area (Å²) < 4.78 is 0. The molecule has 0 unspecified atom stereocenters. The molecule has 17 heavy (non-hydrogen) atoms. The second-order valence-electron chi connectivity index (χ2n) is 4.62. The molecule has 1 heteroatoms. The molecule has 0 bridgehead atoms. The maximum Gasteiger partial charge on any atom is 0.109 e. The zero-order valence-corrected chi connectivity index (χ0v) is 10.6. The SMILES string of the molecule is Cc1ccc(C[NH2+][C@H](C)c2ccccc2)cc1. The third-order valence-electron chi connectivity index (χ3n) is 3.15.